The number of allylic oxidation sites excluding steroid dienone is 1. The summed E-state index contributed by atoms with van der Waals surface area (Å²) < 4.78 is 16.3. The summed E-state index contributed by atoms with van der Waals surface area (Å²) in [7, 11) is 2.77. The number of rotatable bonds is 7. The summed E-state index contributed by atoms with van der Waals surface area (Å²) in [6.07, 6.45) is 3.85. The molecule has 1 aromatic carbocycles. The van der Waals surface area contributed by atoms with Crippen LogP contribution < -0.4 is 0 Å². The summed E-state index contributed by atoms with van der Waals surface area (Å²) in [6, 6.07) is 7.09. The van der Waals surface area contributed by atoms with Crippen LogP contribution >= 0.6 is 0 Å². The Morgan fingerprint density at radius 3 is 2.56 bits per heavy atom. The van der Waals surface area contributed by atoms with Crippen LogP contribution in [0.25, 0.3) is 6.08 Å². The van der Waals surface area contributed by atoms with Crippen LogP contribution in [0.15, 0.2) is 41.0 Å². The van der Waals surface area contributed by atoms with E-state index in [-0.39, 0.29) is 17.8 Å². The maximum atomic E-state index is 13.1. The van der Waals surface area contributed by atoms with Gasteiger partial charge in [0.05, 0.1) is 38.3 Å². The molecule has 2 fully saturated rings. The Hall–Kier alpha value is -2.97. The van der Waals surface area contributed by atoms with E-state index in [1.807, 2.05) is 12.1 Å². The molecule has 1 aliphatic carbocycles. The van der Waals surface area contributed by atoms with Gasteiger partial charge < -0.3 is 19.3 Å². The number of carbonyl (C=O) groups is 3. The number of fused-ring (bicyclic) bond motifs is 3. The summed E-state index contributed by atoms with van der Waals surface area (Å²) in [6.45, 7) is 2.81. The van der Waals surface area contributed by atoms with E-state index in [1.54, 1.807) is 19.2 Å². The standard InChI is InChI=1S/C26H31NO7/c1-4-15(11-16-5-8-18(28)9-6-16)7-10-21-22-17(13-32-2)12-19-23(20(22)14-34-21)25(30)27(24(19)29)26(31)33-3/h5-6,8-9,11,19-21,23,28H,4,7,10,12-14H2,1-3H3/b15-11+/t19-,20+,21-,23-/m1/s1. The van der Waals surface area contributed by atoms with Gasteiger partial charge in [-0.1, -0.05) is 30.7 Å². The van der Waals surface area contributed by atoms with Crippen molar-refractivity contribution in [2.45, 2.75) is 38.7 Å². The molecule has 0 bridgehead atoms. The SMILES string of the molecule is CC/C(=C\c1ccc(O)cc1)CC[C@H]1OC[C@H]2C1=C(COC)C[C@H]1C(=O)N(C(=O)OC)C(=O)[C@H]12. The molecule has 0 aromatic heterocycles. The van der Waals surface area contributed by atoms with E-state index in [0.29, 0.717) is 24.5 Å². The first kappa shape index (κ1) is 24.2. The van der Waals surface area contributed by atoms with Gasteiger partial charge in [0.1, 0.15) is 5.75 Å². The molecule has 8 nitrogen and oxygen atoms in total. The van der Waals surface area contributed by atoms with E-state index >= 15 is 0 Å². The molecule has 1 N–H and O–H groups in total. The lowest BCUT2D eigenvalue weighted by Crippen LogP contribution is -2.38. The zero-order valence-corrected chi connectivity index (χ0v) is 19.8. The molecule has 0 spiro atoms. The average Bonchev–Trinajstić information content (AvgIpc) is 3.36. The van der Waals surface area contributed by atoms with E-state index in [1.165, 1.54) is 5.57 Å². The highest BCUT2D eigenvalue weighted by molar-refractivity contribution is 6.16. The number of phenols is 1. The van der Waals surface area contributed by atoms with Gasteiger partial charge >= 0.3 is 6.09 Å². The Morgan fingerprint density at radius 1 is 1.18 bits per heavy atom. The summed E-state index contributed by atoms with van der Waals surface area (Å²) in [4.78, 5) is 38.7. The number of carbonyl (C=O) groups excluding carboxylic acids is 3. The molecular weight excluding hydrogens is 438 g/mol. The highest BCUT2D eigenvalue weighted by atomic mass is 16.5. The molecule has 0 unspecified atom stereocenters. The number of benzene rings is 1. The molecule has 0 radical (unpaired) electrons. The largest absolute Gasteiger partial charge is 0.508 e. The van der Waals surface area contributed by atoms with Crippen molar-refractivity contribution in [3.63, 3.8) is 0 Å². The van der Waals surface area contributed by atoms with Crippen molar-refractivity contribution < 1.29 is 33.7 Å². The Balaban J connectivity index is 1.55. The Labute approximate surface area is 199 Å². The molecule has 182 valence electrons. The van der Waals surface area contributed by atoms with Gasteiger partial charge in [0.25, 0.3) is 0 Å². The molecule has 3 amide bonds. The average molecular weight is 470 g/mol. The normalized spacial score (nSPS) is 26.7. The molecule has 4 atom stereocenters. The second kappa shape index (κ2) is 10.1. The highest BCUT2D eigenvalue weighted by Crippen LogP contribution is 2.50. The topological polar surface area (TPSA) is 102 Å². The summed E-state index contributed by atoms with van der Waals surface area (Å²) in [5, 5.41) is 9.51. The first-order valence-corrected chi connectivity index (χ1v) is 11.7. The van der Waals surface area contributed by atoms with E-state index in [4.69, 9.17) is 9.47 Å². The van der Waals surface area contributed by atoms with Gasteiger partial charge in [-0.2, -0.15) is 4.90 Å². The lowest BCUT2D eigenvalue weighted by Gasteiger charge is -2.31. The monoisotopic (exact) mass is 469 g/mol. The number of methoxy groups -OCH3 is 2. The smallest absolute Gasteiger partial charge is 0.423 e. The molecule has 2 aliphatic heterocycles. The minimum Gasteiger partial charge on any atom is -0.508 e. The van der Waals surface area contributed by atoms with Crippen LogP contribution in [0.3, 0.4) is 0 Å². The summed E-state index contributed by atoms with van der Waals surface area (Å²) in [5.41, 5.74) is 4.32. The van der Waals surface area contributed by atoms with Crippen LogP contribution in [-0.2, 0) is 23.8 Å². The molecule has 34 heavy (non-hydrogen) atoms. The number of phenolic OH excluding ortho intramolecular Hbond substituents is 1. The Kier molecular flexibility index (Phi) is 7.19. The first-order valence-electron chi connectivity index (χ1n) is 11.7. The van der Waals surface area contributed by atoms with Gasteiger partial charge in [0.15, 0.2) is 0 Å². The predicted molar refractivity (Wildman–Crippen MR) is 124 cm³/mol. The molecule has 0 saturated carbocycles. The fourth-order valence-corrected chi connectivity index (χ4v) is 5.52. The maximum absolute atomic E-state index is 13.1. The van der Waals surface area contributed by atoms with Crippen LogP contribution in [0, 0.1) is 17.8 Å². The van der Waals surface area contributed by atoms with Crippen LogP contribution in [0.4, 0.5) is 4.79 Å². The number of hydrogen-bond acceptors (Lipinski definition) is 7. The first-order chi connectivity index (χ1) is 16.4. The zero-order valence-electron chi connectivity index (χ0n) is 19.8. The van der Waals surface area contributed by atoms with Crippen molar-refractivity contribution in [3.05, 3.63) is 46.5 Å². The minimum atomic E-state index is -0.929. The fourth-order valence-electron chi connectivity index (χ4n) is 5.52. The molecule has 8 heteroatoms. The molecule has 2 saturated heterocycles. The molecule has 2 heterocycles. The molecular formula is C26H31NO7. The van der Waals surface area contributed by atoms with Crippen molar-refractivity contribution in [1.82, 2.24) is 4.90 Å². The van der Waals surface area contributed by atoms with E-state index in [2.05, 4.69) is 17.7 Å². The lowest BCUT2D eigenvalue weighted by molar-refractivity contribution is -0.137. The Bertz CT molecular complexity index is 1030. The van der Waals surface area contributed by atoms with Gasteiger partial charge in [-0.3, -0.25) is 9.59 Å². The van der Waals surface area contributed by atoms with Gasteiger partial charge in [-0.25, -0.2) is 4.79 Å². The van der Waals surface area contributed by atoms with Crippen LogP contribution in [0.2, 0.25) is 0 Å². The van der Waals surface area contributed by atoms with Crippen LogP contribution in [0.5, 0.6) is 5.75 Å². The minimum absolute atomic E-state index is 0.166. The van der Waals surface area contributed by atoms with E-state index < -0.39 is 29.7 Å². The van der Waals surface area contributed by atoms with Gasteiger partial charge in [-0.05, 0) is 54.5 Å². The molecule has 3 aliphatic rings. The zero-order chi connectivity index (χ0) is 24.4. The number of likely N-dealkylation sites (tertiary alicyclic amines) is 1. The third kappa shape index (κ3) is 4.40. The second-order valence-corrected chi connectivity index (χ2v) is 9.03. The number of nitrogens with zero attached hydrogens (tertiary/aromatic N) is 1. The van der Waals surface area contributed by atoms with Gasteiger partial charge in [0.2, 0.25) is 11.8 Å². The maximum Gasteiger partial charge on any atom is 0.423 e. The van der Waals surface area contributed by atoms with Crippen molar-refractivity contribution in [2.75, 3.05) is 27.4 Å². The van der Waals surface area contributed by atoms with Gasteiger partial charge in [-0.15, -0.1) is 0 Å². The molecule has 4 rings (SSSR count). The van der Waals surface area contributed by atoms with Crippen molar-refractivity contribution in [1.29, 1.82) is 0 Å². The highest BCUT2D eigenvalue weighted by Gasteiger charge is 2.58. The lowest BCUT2D eigenvalue weighted by atomic mass is 9.69. The van der Waals surface area contributed by atoms with Gasteiger partial charge in [0, 0.05) is 13.0 Å². The van der Waals surface area contributed by atoms with E-state index in [9.17, 15) is 19.5 Å². The van der Waals surface area contributed by atoms with Crippen molar-refractivity contribution >= 4 is 24.0 Å². The number of amides is 3. The van der Waals surface area contributed by atoms with Crippen molar-refractivity contribution in [2.24, 2.45) is 17.8 Å². The Morgan fingerprint density at radius 2 is 1.91 bits per heavy atom. The second-order valence-electron chi connectivity index (χ2n) is 9.03. The number of hydrogen-bond donors (Lipinski definition) is 1. The summed E-state index contributed by atoms with van der Waals surface area (Å²) >= 11 is 0. The fraction of sp³-hybridized carbons (Fsp3) is 0.500. The van der Waals surface area contributed by atoms with E-state index in [0.717, 1.165) is 43.1 Å². The third-order valence-electron chi connectivity index (χ3n) is 7.13. The number of imide groups is 3. The third-order valence-corrected chi connectivity index (χ3v) is 7.13. The summed E-state index contributed by atoms with van der Waals surface area (Å²) in [5.74, 6) is -2.20. The molecule has 1 aromatic rings. The number of aromatic hydroxyl groups is 1. The van der Waals surface area contributed by atoms with Crippen LogP contribution in [0.1, 0.15) is 38.2 Å². The predicted octanol–water partition coefficient (Wildman–Crippen LogP) is 3.70. The van der Waals surface area contributed by atoms with Crippen molar-refractivity contribution in [3.8, 4) is 5.75 Å². The van der Waals surface area contributed by atoms with Crippen LogP contribution in [-0.4, -0.2) is 61.5 Å². The quantitative estimate of drug-likeness (QED) is 0.480. The number of ether oxygens (including phenoxy) is 3.